The van der Waals surface area contributed by atoms with Gasteiger partial charge in [-0.1, -0.05) is 66.7 Å². The van der Waals surface area contributed by atoms with E-state index in [1.54, 1.807) is 36.4 Å². The molecule has 0 bridgehead atoms. The van der Waals surface area contributed by atoms with E-state index in [0.717, 1.165) is 82.6 Å². The van der Waals surface area contributed by atoms with E-state index in [4.69, 9.17) is 13.1 Å². The van der Waals surface area contributed by atoms with Crippen LogP contribution in [0.15, 0.2) is 152 Å². The monoisotopic (exact) mass is 800 g/mol. The van der Waals surface area contributed by atoms with Crippen molar-refractivity contribution in [3.05, 3.63) is 202 Å². The quantitative estimate of drug-likeness (QED) is 0.161. The molecule has 0 amide bonds. The second-order valence-corrected chi connectivity index (χ2v) is 15.4. The van der Waals surface area contributed by atoms with Crippen molar-refractivity contribution in [1.82, 2.24) is 9.13 Å². The SMILES string of the molecule is [C-]#[N+]c1cc(C#N)cc(-c2ccc3c4ccccc4n(-c4cc(-c5cc(C)cc(C#N)c5)cc(-n5c6ccccc6c6ccc(-c7cc(C#N)cc([N+]#[C-])c7)cc65)c4C#N)c3c2)c1. The Morgan fingerprint density at radius 3 is 1.25 bits per heavy atom. The number of nitrogens with zero attached hydrogens (tertiary/aromatic N) is 8. The first-order chi connectivity index (χ1) is 30.8. The van der Waals surface area contributed by atoms with E-state index >= 15 is 0 Å². The summed E-state index contributed by atoms with van der Waals surface area (Å²) in [6.07, 6.45) is 0. The minimum Gasteiger partial charge on any atom is -0.308 e. The lowest BCUT2D eigenvalue weighted by atomic mass is 9.97. The number of aromatic nitrogens is 2. The van der Waals surface area contributed by atoms with Gasteiger partial charge in [-0.2, -0.15) is 21.0 Å². The Bertz CT molecular complexity index is 3610. The molecule has 0 atom stereocenters. The first-order valence-corrected chi connectivity index (χ1v) is 19.9. The highest BCUT2D eigenvalue weighted by Gasteiger charge is 2.23. The van der Waals surface area contributed by atoms with Crippen LogP contribution < -0.4 is 0 Å². The summed E-state index contributed by atoms with van der Waals surface area (Å²) < 4.78 is 4.23. The molecule has 2 aromatic heterocycles. The maximum absolute atomic E-state index is 11.5. The Kier molecular flexibility index (Phi) is 8.85. The summed E-state index contributed by atoms with van der Waals surface area (Å²) in [7, 11) is 0. The summed E-state index contributed by atoms with van der Waals surface area (Å²) in [5, 5.41) is 45.2. The minimum atomic E-state index is 0.364. The van der Waals surface area contributed by atoms with Gasteiger partial charge in [0.15, 0.2) is 11.4 Å². The highest BCUT2D eigenvalue weighted by Crippen LogP contribution is 2.42. The lowest BCUT2D eigenvalue weighted by molar-refractivity contribution is 1.12. The van der Waals surface area contributed by atoms with Crippen molar-refractivity contribution in [1.29, 1.82) is 21.0 Å². The van der Waals surface area contributed by atoms with E-state index < -0.39 is 0 Å². The molecule has 0 aliphatic carbocycles. The molecular formula is C55H28N8. The fourth-order valence-electron chi connectivity index (χ4n) is 8.89. The molecule has 10 aromatic rings. The molecule has 0 aliphatic rings. The minimum absolute atomic E-state index is 0.364. The van der Waals surface area contributed by atoms with Crippen LogP contribution >= 0.6 is 0 Å². The van der Waals surface area contributed by atoms with Crippen LogP contribution in [0.5, 0.6) is 0 Å². The van der Waals surface area contributed by atoms with Crippen molar-refractivity contribution in [3.63, 3.8) is 0 Å². The molecule has 0 N–H and O–H groups in total. The van der Waals surface area contributed by atoms with Crippen LogP contribution in [0.1, 0.15) is 27.8 Å². The lowest BCUT2D eigenvalue weighted by Gasteiger charge is -2.19. The standard InChI is InChI=1S/C55H28N8/c1-33-16-34(29-56)18-39(17-33)42-27-54(62-50-10-6-4-8-45(50)47-14-12-37(25-52(47)62)40-19-35(30-57)21-43(23-40)60-2)49(32-59)55(28-42)63-51-11-7-5-9-46(51)48-15-13-38(26-53(48)63)41-20-36(31-58)22-44(24-41)61-3/h4-28H,1H3. The Hall–Kier alpha value is -9.70. The number of para-hydroxylation sites is 2. The summed E-state index contributed by atoms with van der Waals surface area (Å²) in [6, 6.07) is 57.7. The van der Waals surface area contributed by atoms with Crippen LogP contribution in [0.2, 0.25) is 0 Å². The van der Waals surface area contributed by atoms with Crippen molar-refractivity contribution in [2.75, 3.05) is 0 Å². The Morgan fingerprint density at radius 2 is 0.810 bits per heavy atom. The molecule has 0 saturated heterocycles. The van der Waals surface area contributed by atoms with E-state index in [2.05, 4.69) is 55.2 Å². The van der Waals surface area contributed by atoms with Gasteiger partial charge >= 0.3 is 0 Å². The predicted molar refractivity (Wildman–Crippen MR) is 248 cm³/mol. The summed E-state index contributed by atoms with van der Waals surface area (Å²) in [5.41, 5.74) is 12.6. The second-order valence-electron chi connectivity index (χ2n) is 15.4. The van der Waals surface area contributed by atoms with Gasteiger partial charge in [0.05, 0.1) is 70.4 Å². The van der Waals surface area contributed by atoms with Crippen LogP contribution in [-0.2, 0) is 0 Å². The van der Waals surface area contributed by atoms with Gasteiger partial charge in [0, 0.05) is 32.7 Å². The van der Waals surface area contributed by atoms with E-state index in [1.165, 1.54) is 0 Å². The van der Waals surface area contributed by atoms with Gasteiger partial charge in [-0.05, 0) is 131 Å². The molecule has 8 aromatic carbocycles. The maximum atomic E-state index is 11.5. The number of aryl methyl sites for hydroxylation is 1. The largest absolute Gasteiger partial charge is 0.308 e. The first kappa shape index (κ1) is 37.6. The van der Waals surface area contributed by atoms with Gasteiger partial charge in [0.1, 0.15) is 11.6 Å². The fraction of sp³-hybridized carbons (Fsp3) is 0.0182. The van der Waals surface area contributed by atoms with Gasteiger partial charge in [-0.25, -0.2) is 9.69 Å². The Balaban J connectivity index is 1.34. The fourth-order valence-corrected chi connectivity index (χ4v) is 8.89. The summed E-state index contributed by atoms with van der Waals surface area (Å²) >= 11 is 0. The van der Waals surface area contributed by atoms with E-state index in [9.17, 15) is 21.0 Å². The van der Waals surface area contributed by atoms with Crippen LogP contribution in [0.3, 0.4) is 0 Å². The number of hydrogen-bond acceptors (Lipinski definition) is 4. The summed E-state index contributed by atoms with van der Waals surface area (Å²) in [4.78, 5) is 7.27. The van der Waals surface area contributed by atoms with Crippen LogP contribution in [0, 0.1) is 65.4 Å². The molecule has 0 aliphatic heterocycles. The molecule has 0 unspecified atom stereocenters. The molecule has 0 radical (unpaired) electrons. The lowest BCUT2D eigenvalue weighted by Crippen LogP contribution is -2.05. The van der Waals surface area contributed by atoms with Crippen molar-refractivity contribution >= 4 is 55.0 Å². The van der Waals surface area contributed by atoms with Gasteiger partial charge in [0.25, 0.3) is 0 Å². The molecule has 0 saturated carbocycles. The molecule has 8 heteroatoms. The predicted octanol–water partition coefficient (Wildman–Crippen LogP) is 13.8. The van der Waals surface area contributed by atoms with Crippen molar-refractivity contribution in [2.24, 2.45) is 0 Å². The summed E-state index contributed by atoms with van der Waals surface area (Å²) in [6.45, 7) is 17.4. The highest BCUT2D eigenvalue weighted by molar-refractivity contribution is 6.12. The van der Waals surface area contributed by atoms with Gasteiger partial charge in [0.2, 0.25) is 0 Å². The van der Waals surface area contributed by atoms with Crippen LogP contribution in [0.4, 0.5) is 11.4 Å². The maximum Gasteiger partial charge on any atom is 0.189 e. The topological polar surface area (TPSA) is 114 Å². The van der Waals surface area contributed by atoms with Crippen molar-refractivity contribution < 1.29 is 0 Å². The average molecular weight is 801 g/mol. The van der Waals surface area contributed by atoms with Gasteiger partial charge < -0.3 is 9.13 Å². The molecule has 288 valence electrons. The number of rotatable bonds is 5. The third kappa shape index (κ3) is 6.18. The number of hydrogen-bond donors (Lipinski definition) is 0. The van der Waals surface area contributed by atoms with Crippen LogP contribution in [0.25, 0.3) is 98.1 Å². The zero-order valence-corrected chi connectivity index (χ0v) is 33.5. The smallest absolute Gasteiger partial charge is 0.189 e. The molecular weight excluding hydrogens is 773 g/mol. The zero-order chi connectivity index (χ0) is 43.4. The molecule has 8 nitrogen and oxygen atoms in total. The van der Waals surface area contributed by atoms with Crippen molar-refractivity contribution in [3.8, 4) is 69.0 Å². The molecule has 0 fully saturated rings. The van der Waals surface area contributed by atoms with Gasteiger partial charge in [-0.3, -0.25) is 0 Å². The van der Waals surface area contributed by atoms with Crippen molar-refractivity contribution in [2.45, 2.75) is 6.92 Å². The van der Waals surface area contributed by atoms with Crippen LogP contribution in [-0.4, -0.2) is 9.13 Å². The molecule has 2 heterocycles. The number of nitriles is 4. The number of fused-ring (bicyclic) bond motifs is 6. The third-order valence-corrected chi connectivity index (χ3v) is 11.6. The van der Waals surface area contributed by atoms with E-state index in [1.807, 2.05) is 110 Å². The summed E-state index contributed by atoms with van der Waals surface area (Å²) in [5.74, 6) is 0. The molecule has 63 heavy (non-hydrogen) atoms. The molecule has 10 rings (SSSR count). The Morgan fingerprint density at radius 1 is 0.397 bits per heavy atom. The Labute approximate surface area is 362 Å². The van der Waals surface area contributed by atoms with E-state index in [0.29, 0.717) is 45.0 Å². The second kappa shape index (κ2) is 14.8. The normalized spacial score (nSPS) is 10.8. The van der Waals surface area contributed by atoms with Gasteiger partial charge in [-0.15, -0.1) is 0 Å². The third-order valence-electron chi connectivity index (χ3n) is 11.6. The zero-order valence-electron chi connectivity index (χ0n) is 33.5. The first-order valence-electron chi connectivity index (χ1n) is 19.9. The molecule has 0 spiro atoms. The average Bonchev–Trinajstić information content (AvgIpc) is 3.84. The van der Waals surface area contributed by atoms with E-state index in [-0.39, 0.29) is 0 Å². The highest BCUT2D eigenvalue weighted by atomic mass is 15.0. The number of benzene rings is 8.